The number of aryl methyl sites for hydroxylation is 2. The van der Waals surface area contributed by atoms with Gasteiger partial charge in [0.25, 0.3) is 0 Å². The van der Waals surface area contributed by atoms with Crippen LogP contribution in [0, 0.1) is 13.8 Å². The third kappa shape index (κ3) is 2.74. The smallest absolute Gasteiger partial charge is 0.125 e. The van der Waals surface area contributed by atoms with E-state index < -0.39 is 6.10 Å². The van der Waals surface area contributed by atoms with Crippen LogP contribution in [-0.2, 0) is 0 Å². The van der Waals surface area contributed by atoms with E-state index in [-0.39, 0.29) is 0 Å². The molecule has 102 valence electrons. The zero-order chi connectivity index (χ0) is 14.0. The van der Waals surface area contributed by atoms with Crippen LogP contribution in [-0.4, -0.2) is 19.3 Å². The second kappa shape index (κ2) is 5.63. The predicted molar refractivity (Wildman–Crippen MR) is 77.4 cm³/mol. The van der Waals surface area contributed by atoms with E-state index in [0.717, 1.165) is 10.4 Å². The number of rotatable bonds is 4. The highest BCUT2D eigenvalue weighted by molar-refractivity contribution is 7.12. The van der Waals surface area contributed by atoms with E-state index >= 15 is 0 Å². The molecule has 0 bridgehead atoms. The molecule has 0 saturated carbocycles. The fraction of sp³-hybridized carbons (Fsp3) is 0.333. The number of aliphatic hydroxyl groups excluding tert-OH is 1. The van der Waals surface area contributed by atoms with Crippen molar-refractivity contribution in [3.05, 3.63) is 45.1 Å². The van der Waals surface area contributed by atoms with Crippen molar-refractivity contribution in [1.29, 1.82) is 0 Å². The summed E-state index contributed by atoms with van der Waals surface area (Å²) in [6.07, 6.45) is -0.692. The first kappa shape index (κ1) is 13.9. The van der Waals surface area contributed by atoms with Gasteiger partial charge >= 0.3 is 0 Å². The molecule has 0 aliphatic rings. The molecule has 0 aliphatic heterocycles. The molecule has 0 amide bonds. The molecule has 1 aromatic heterocycles. The van der Waals surface area contributed by atoms with Crippen LogP contribution >= 0.6 is 11.3 Å². The van der Waals surface area contributed by atoms with Crippen LogP contribution in [0.2, 0.25) is 0 Å². The van der Waals surface area contributed by atoms with Crippen LogP contribution in [0.15, 0.2) is 24.3 Å². The maximum absolute atomic E-state index is 10.5. The second-order valence-corrected chi connectivity index (χ2v) is 5.69. The quantitative estimate of drug-likeness (QED) is 0.930. The number of ether oxygens (including phenoxy) is 2. The first-order valence-electron chi connectivity index (χ1n) is 6.03. The van der Waals surface area contributed by atoms with E-state index in [0.29, 0.717) is 11.5 Å². The van der Waals surface area contributed by atoms with Gasteiger partial charge in [-0.2, -0.15) is 0 Å². The summed E-state index contributed by atoms with van der Waals surface area (Å²) in [5.41, 5.74) is 1.92. The van der Waals surface area contributed by atoms with Crippen LogP contribution in [0.5, 0.6) is 11.5 Å². The average molecular weight is 278 g/mol. The van der Waals surface area contributed by atoms with Crippen LogP contribution in [0.3, 0.4) is 0 Å². The van der Waals surface area contributed by atoms with Gasteiger partial charge in [-0.05, 0) is 43.7 Å². The molecule has 1 unspecified atom stereocenters. The molecule has 0 spiro atoms. The van der Waals surface area contributed by atoms with Crippen molar-refractivity contribution in [2.75, 3.05) is 14.2 Å². The molecular weight excluding hydrogens is 260 g/mol. The van der Waals surface area contributed by atoms with Gasteiger partial charge in [0, 0.05) is 15.3 Å². The lowest BCUT2D eigenvalue weighted by atomic mass is 10.1. The number of hydrogen-bond donors (Lipinski definition) is 1. The van der Waals surface area contributed by atoms with Crippen molar-refractivity contribution >= 4 is 11.3 Å². The predicted octanol–water partition coefficient (Wildman–Crippen LogP) is 3.46. The van der Waals surface area contributed by atoms with Crippen molar-refractivity contribution in [2.24, 2.45) is 0 Å². The van der Waals surface area contributed by atoms with E-state index in [2.05, 4.69) is 6.92 Å². The zero-order valence-electron chi connectivity index (χ0n) is 11.6. The highest BCUT2D eigenvalue weighted by Crippen LogP contribution is 2.36. The van der Waals surface area contributed by atoms with Gasteiger partial charge in [-0.3, -0.25) is 0 Å². The number of hydrogen-bond acceptors (Lipinski definition) is 4. The van der Waals surface area contributed by atoms with Gasteiger partial charge in [0.15, 0.2) is 0 Å². The standard InChI is InChI=1S/C15H18O3S/c1-9-7-14(19-10(9)2)15(16)12-8-11(17-3)5-6-13(12)18-4/h5-8,15-16H,1-4H3. The zero-order valence-corrected chi connectivity index (χ0v) is 12.4. The van der Waals surface area contributed by atoms with E-state index in [1.165, 1.54) is 10.4 Å². The number of methoxy groups -OCH3 is 2. The highest BCUT2D eigenvalue weighted by atomic mass is 32.1. The Morgan fingerprint density at radius 3 is 2.37 bits per heavy atom. The maximum Gasteiger partial charge on any atom is 0.125 e. The molecule has 2 rings (SSSR count). The van der Waals surface area contributed by atoms with E-state index in [9.17, 15) is 5.11 Å². The molecule has 4 heteroatoms. The number of benzene rings is 1. The molecule has 19 heavy (non-hydrogen) atoms. The van der Waals surface area contributed by atoms with Crippen molar-refractivity contribution in [3.63, 3.8) is 0 Å². The number of thiophene rings is 1. The van der Waals surface area contributed by atoms with Crippen molar-refractivity contribution in [1.82, 2.24) is 0 Å². The first-order chi connectivity index (χ1) is 9.06. The Bertz CT molecular complexity index is 555. The third-order valence-electron chi connectivity index (χ3n) is 3.19. The van der Waals surface area contributed by atoms with E-state index in [1.54, 1.807) is 25.6 Å². The topological polar surface area (TPSA) is 38.7 Å². The number of aliphatic hydroxyl groups is 1. The van der Waals surface area contributed by atoms with Gasteiger partial charge in [-0.25, -0.2) is 0 Å². The summed E-state index contributed by atoms with van der Waals surface area (Å²) < 4.78 is 10.5. The SMILES string of the molecule is COc1ccc(OC)c(C(O)c2cc(C)c(C)s2)c1. The van der Waals surface area contributed by atoms with Crippen LogP contribution in [0.1, 0.15) is 27.0 Å². The van der Waals surface area contributed by atoms with Gasteiger partial charge in [-0.15, -0.1) is 11.3 Å². The first-order valence-corrected chi connectivity index (χ1v) is 6.85. The second-order valence-electron chi connectivity index (χ2n) is 4.40. The fourth-order valence-electron chi connectivity index (χ4n) is 1.94. The van der Waals surface area contributed by atoms with Crippen LogP contribution in [0.4, 0.5) is 0 Å². The van der Waals surface area contributed by atoms with E-state index in [1.807, 2.05) is 31.2 Å². The molecule has 0 radical (unpaired) electrons. The van der Waals surface area contributed by atoms with Gasteiger partial charge in [-0.1, -0.05) is 0 Å². The molecule has 1 atom stereocenters. The summed E-state index contributed by atoms with van der Waals surface area (Å²) in [6.45, 7) is 4.10. The van der Waals surface area contributed by atoms with E-state index in [4.69, 9.17) is 9.47 Å². The largest absolute Gasteiger partial charge is 0.497 e. The van der Waals surface area contributed by atoms with Crippen LogP contribution < -0.4 is 9.47 Å². The lowest BCUT2D eigenvalue weighted by Crippen LogP contribution is -2.01. The molecule has 1 heterocycles. The summed E-state index contributed by atoms with van der Waals surface area (Å²) in [6, 6.07) is 7.46. The van der Waals surface area contributed by atoms with Crippen molar-refractivity contribution < 1.29 is 14.6 Å². The van der Waals surface area contributed by atoms with Gasteiger partial charge in [0.1, 0.15) is 17.6 Å². The molecule has 0 saturated heterocycles. The Labute approximate surface area is 117 Å². The summed E-state index contributed by atoms with van der Waals surface area (Å²) in [5.74, 6) is 1.37. The fourth-order valence-corrected chi connectivity index (χ4v) is 2.99. The average Bonchev–Trinajstić information content (AvgIpc) is 2.77. The Morgan fingerprint density at radius 1 is 1.11 bits per heavy atom. The molecule has 1 N–H and O–H groups in total. The molecule has 0 fully saturated rings. The summed E-state index contributed by atoms with van der Waals surface area (Å²) in [4.78, 5) is 2.14. The van der Waals surface area contributed by atoms with Gasteiger partial charge in [0.2, 0.25) is 0 Å². The van der Waals surface area contributed by atoms with Crippen LogP contribution in [0.25, 0.3) is 0 Å². The van der Waals surface area contributed by atoms with Gasteiger partial charge in [0.05, 0.1) is 14.2 Å². The lowest BCUT2D eigenvalue weighted by molar-refractivity contribution is 0.218. The monoisotopic (exact) mass is 278 g/mol. The molecular formula is C15H18O3S. The Hall–Kier alpha value is -1.52. The van der Waals surface area contributed by atoms with Crippen molar-refractivity contribution in [2.45, 2.75) is 20.0 Å². The summed E-state index contributed by atoms with van der Waals surface area (Å²) in [7, 11) is 3.21. The molecule has 0 aliphatic carbocycles. The normalized spacial score (nSPS) is 12.3. The van der Waals surface area contributed by atoms with Gasteiger partial charge < -0.3 is 14.6 Å². The van der Waals surface area contributed by atoms with Crippen molar-refractivity contribution in [3.8, 4) is 11.5 Å². The molecule has 2 aromatic rings. The third-order valence-corrected chi connectivity index (χ3v) is 4.39. The summed E-state index contributed by atoms with van der Waals surface area (Å²) >= 11 is 1.60. The molecule has 1 aromatic carbocycles. The Balaban J connectivity index is 2.44. The summed E-state index contributed by atoms with van der Waals surface area (Å²) in [5, 5.41) is 10.5. The maximum atomic E-state index is 10.5. The lowest BCUT2D eigenvalue weighted by Gasteiger charge is -2.14. The minimum atomic E-state index is -0.692. The minimum absolute atomic E-state index is 0.664. The highest BCUT2D eigenvalue weighted by Gasteiger charge is 2.19. The Morgan fingerprint density at radius 2 is 1.84 bits per heavy atom. The Kier molecular flexibility index (Phi) is 4.12. The molecule has 3 nitrogen and oxygen atoms in total. The minimum Gasteiger partial charge on any atom is -0.497 e.